The first-order valence-corrected chi connectivity index (χ1v) is 6.23. The maximum atomic E-state index is 13.9. The first-order valence-electron chi connectivity index (χ1n) is 5.85. The first-order chi connectivity index (χ1) is 8.90. The van der Waals surface area contributed by atoms with Gasteiger partial charge in [0.2, 0.25) is 5.28 Å². The standard InChI is InChI=1S/C11H11ClF2N4O/c1-17-7-4-15-10(12)16-8(7)18(6-2-3-6)5-11(13,14)9(17)19/h4,6H,2-3,5H2,1H3. The van der Waals surface area contributed by atoms with Crippen LogP contribution in [0.15, 0.2) is 6.20 Å². The lowest BCUT2D eigenvalue weighted by atomic mass is 10.3. The molecule has 2 heterocycles. The zero-order valence-electron chi connectivity index (χ0n) is 10.1. The number of carbonyl (C=O) groups is 1. The van der Waals surface area contributed by atoms with Crippen molar-refractivity contribution >= 4 is 29.0 Å². The Morgan fingerprint density at radius 1 is 1.47 bits per heavy atom. The summed E-state index contributed by atoms with van der Waals surface area (Å²) in [5, 5.41) is -0.0181. The number of amides is 1. The van der Waals surface area contributed by atoms with Crippen molar-refractivity contribution < 1.29 is 13.6 Å². The SMILES string of the molecule is CN1C(=O)C(F)(F)CN(C2CC2)c2nc(Cl)ncc21. The molecule has 8 heteroatoms. The number of nitrogens with zero attached hydrogens (tertiary/aromatic N) is 4. The molecule has 2 aliphatic rings. The fraction of sp³-hybridized carbons (Fsp3) is 0.545. The number of alkyl halides is 2. The summed E-state index contributed by atoms with van der Waals surface area (Å²) in [6.07, 6.45) is 2.93. The van der Waals surface area contributed by atoms with Gasteiger partial charge in [-0.2, -0.15) is 13.8 Å². The molecule has 0 radical (unpaired) electrons. The molecule has 1 aromatic heterocycles. The van der Waals surface area contributed by atoms with Gasteiger partial charge in [-0.15, -0.1) is 0 Å². The van der Waals surface area contributed by atoms with Crippen LogP contribution in [0.25, 0.3) is 0 Å². The van der Waals surface area contributed by atoms with Gasteiger partial charge in [0.15, 0.2) is 5.82 Å². The normalized spacial score (nSPS) is 22.2. The summed E-state index contributed by atoms with van der Waals surface area (Å²) in [4.78, 5) is 21.9. The molecule has 3 rings (SSSR count). The van der Waals surface area contributed by atoms with Gasteiger partial charge in [-0.05, 0) is 24.4 Å². The van der Waals surface area contributed by atoms with Crippen molar-refractivity contribution in [2.75, 3.05) is 23.4 Å². The van der Waals surface area contributed by atoms with E-state index in [1.165, 1.54) is 18.1 Å². The van der Waals surface area contributed by atoms with Gasteiger partial charge >= 0.3 is 5.92 Å². The third kappa shape index (κ3) is 2.01. The van der Waals surface area contributed by atoms with E-state index in [1.54, 1.807) is 0 Å². The largest absolute Gasteiger partial charge is 0.345 e. The van der Waals surface area contributed by atoms with E-state index in [0.717, 1.165) is 17.7 Å². The number of hydrogen-bond donors (Lipinski definition) is 0. The number of rotatable bonds is 1. The van der Waals surface area contributed by atoms with Gasteiger partial charge in [0.05, 0.1) is 12.7 Å². The summed E-state index contributed by atoms with van der Waals surface area (Å²) in [5.41, 5.74) is 0.262. The molecule has 5 nitrogen and oxygen atoms in total. The molecule has 0 saturated heterocycles. The lowest BCUT2D eigenvalue weighted by Crippen LogP contribution is -2.46. The van der Waals surface area contributed by atoms with E-state index >= 15 is 0 Å². The van der Waals surface area contributed by atoms with Crippen molar-refractivity contribution in [2.24, 2.45) is 0 Å². The van der Waals surface area contributed by atoms with Crippen molar-refractivity contribution in [1.29, 1.82) is 0 Å². The second-order valence-electron chi connectivity index (χ2n) is 4.78. The van der Waals surface area contributed by atoms with Crippen molar-refractivity contribution in [3.63, 3.8) is 0 Å². The van der Waals surface area contributed by atoms with Crippen LogP contribution in [0, 0.1) is 0 Å². The van der Waals surface area contributed by atoms with Crippen LogP contribution in [-0.2, 0) is 4.79 Å². The molecule has 1 amide bonds. The smallest absolute Gasteiger partial charge is 0.342 e. The lowest BCUT2D eigenvalue weighted by molar-refractivity contribution is -0.140. The molecule has 1 saturated carbocycles. The summed E-state index contributed by atoms with van der Waals surface area (Å²) >= 11 is 5.74. The van der Waals surface area contributed by atoms with Crippen LogP contribution < -0.4 is 9.80 Å². The van der Waals surface area contributed by atoms with Crippen LogP contribution in [0.3, 0.4) is 0 Å². The summed E-state index contributed by atoms with van der Waals surface area (Å²) < 4.78 is 27.8. The highest BCUT2D eigenvalue weighted by Gasteiger charge is 2.49. The van der Waals surface area contributed by atoms with Crippen LogP contribution >= 0.6 is 11.6 Å². The topological polar surface area (TPSA) is 49.3 Å². The van der Waals surface area contributed by atoms with Gasteiger partial charge in [0, 0.05) is 13.1 Å². The molecule has 0 N–H and O–H groups in total. The Kier molecular flexibility index (Phi) is 2.63. The summed E-state index contributed by atoms with van der Waals surface area (Å²) in [6.45, 7) is -0.665. The minimum Gasteiger partial charge on any atom is -0.345 e. The summed E-state index contributed by atoms with van der Waals surface area (Å²) in [5.74, 6) is -4.39. The maximum absolute atomic E-state index is 13.9. The van der Waals surface area contributed by atoms with E-state index < -0.39 is 18.4 Å². The number of carbonyl (C=O) groups excluding carboxylic acids is 1. The van der Waals surface area contributed by atoms with Crippen LogP contribution in [-0.4, -0.2) is 41.4 Å². The van der Waals surface area contributed by atoms with Gasteiger partial charge < -0.3 is 9.80 Å². The van der Waals surface area contributed by atoms with Crippen LogP contribution in [0.2, 0.25) is 5.28 Å². The van der Waals surface area contributed by atoms with E-state index in [0.29, 0.717) is 5.82 Å². The van der Waals surface area contributed by atoms with Crippen LogP contribution in [0.1, 0.15) is 12.8 Å². The molecule has 0 atom stereocenters. The molecule has 102 valence electrons. The molecule has 1 fully saturated rings. The average molecular weight is 289 g/mol. The molecule has 0 aromatic carbocycles. The average Bonchev–Trinajstić information content (AvgIpc) is 3.17. The predicted molar refractivity (Wildman–Crippen MR) is 65.8 cm³/mol. The van der Waals surface area contributed by atoms with Gasteiger partial charge in [0.25, 0.3) is 5.91 Å². The third-order valence-corrected chi connectivity index (χ3v) is 3.51. The molecular weight excluding hydrogens is 278 g/mol. The van der Waals surface area contributed by atoms with Crippen LogP contribution in [0.5, 0.6) is 0 Å². The fourth-order valence-corrected chi connectivity index (χ4v) is 2.32. The minimum absolute atomic E-state index is 0.00473. The second-order valence-corrected chi connectivity index (χ2v) is 5.11. The fourth-order valence-electron chi connectivity index (χ4n) is 2.19. The number of hydrogen-bond acceptors (Lipinski definition) is 4. The highest BCUT2D eigenvalue weighted by atomic mass is 35.5. The Morgan fingerprint density at radius 2 is 2.16 bits per heavy atom. The van der Waals surface area contributed by atoms with Gasteiger partial charge in [0.1, 0.15) is 5.69 Å². The lowest BCUT2D eigenvalue weighted by Gasteiger charge is -2.24. The molecule has 0 unspecified atom stereocenters. The summed E-state index contributed by atoms with van der Waals surface area (Å²) in [6, 6.07) is -0.00473. The molecular formula is C11H11ClF2N4O. The van der Waals surface area contributed by atoms with Crippen molar-refractivity contribution in [2.45, 2.75) is 24.8 Å². The predicted octanol–water partition coefficient (Wildman–Crippen LogP) is 1.71. The van der Waals surface area contributed by atoms with Gasteiger partial charge in [-0.3, -0.25) is 4.79 Å². The Morgan fingerprint density at radius 3 is 2.79 bits per heavy atom. The molecule has 0 spiro atoms. The Bertz CT molecular complexity index is 549. The van der Waals surface area contributed by atoms with Crippen molar-refractivity contribution in [3.8, 4) is 0 Å². The van der Waals surface area contributed by atoms with E-state index in [2.05, 4.69) is 9.97 Å². The molecule has 1 aliphatic carbocycles. The van der Waals surface area contributed by atoms with E-state index in [4.69, 9.17) is 11.6 Å². The monoisotopic (exact) mass is 288 g/mol. The Labute approximate surface area is 113 Å². The van der Waals surface area contributed by atoms with E-state index in [-0.39, 0.29) is 17.0 Å². The number of anilines is 2. The zero-order chi connectivity index (χ0) is 13.8. The van der Waals surface area contributed by atoms with E-state index in [1.807, 2.05) is 0 Å². The first kappa shape index (κ1) is 12.5. The van der Waals surface area contributed by atoms with Crippen molar-refractivity contribution in [3.05, 3.63) is 11.5 Å². The molecule has 1 aliphatic heterocycles. The highest BCUT2D eigenvalue weighted by Crippen LogP contribution is 2.41. The van der Waals surface area contributed by atoms with Gasteiger partial charge in [-0.1, -0.05) is 0 Å². The Hall–Kier alpha value is -1.50. The number of fused-ring (bicyclic) bond motifs is 1. The zero-order valence-corrected chi connectivity index (χ0v) is 10.9. The highest BCUT2D eigenvalue weighted by molar-refractivity contribution is 6.28. The maximum Gasteiger partial charge on any atom is 0.342 e. The van der Waals surface area contributed by atoms with Crippen LogP contribution in [0.4, 0.5) is 20.3 Å². The quantitative estimate of drug-likeness (QED) is 0.738. The molecule has 1 aromatic rings. The van der Waals surface area contributed by atoms with Gasteiger partial charge in [-0.25, -0.2) is 4.98 Å². The van der Waals surface area contributed by atoms with E-state index in [9.17, 15) is 13.6 Å². The third-order valence-electron chi connectivity index (χ3n) is 3.33. The Balaban J connectivity index is 2.15. The number of halogens is 3. The molecule has 0 bridgehead atoms. The number of aromatic nitrogens is 2. The minimum atomic E-state index is -3.44. The summed E-state index contributed by atoms with van der Waals surface area (Å²) in [7, 11) is 1.29. The second kappa shape index (κ2) is 4.00. The van der Waals surface area contributed by atoms with Crippen molar-refractivity contribution in [1.82, 2.24) is 9.97 Å². The molecule has 19 heavy (non-hydrogen) atoms.